The van der Waals surface area contributed by atoms with Crippen molar-refractivity contribution in [3.8, 4) is 11.5 Å². The van der Waals surface area contributed by atoms with Crippen LogP contribution in [0.1, 0.15) is 5.56 Å². The Labute approximate surface area is 182 Å². The SMILES string of the molecule is O=C(C[NH+]1CC[NH+](Cc2cccc3ccccc23)CC1)Nc1ccc2c(c1)OCCO2. The summed E-state index contributed by atoms with van der Waals surface area (Å²) in [5, 5.41) is 5.67. The lowest BCUT2D eigenvalue weighted by molar-refractivity contribution is -1.01. The highest BCUT2D eigenvalue weighted by Crippen LogP contribution is 2.32. The van der Waals surface area contributed by atoms with Crippen molar-refractivity contribution in [3.63, 3.8) is 0 Å². The highest BCUT2D eigenvalue weighted by atomic mass is 16.6. The molecule has 2 heterocycles. The monoisotopic (exact) mass is 419 g/mol. The average Bonchev–Trinajstić information content (AvgIpc) is 2.80. The number of piperazine rings is 1. The van der Waals surface area contributed by atoms with E-state index < -0.39 is 0 Å². The van der Waals surface area contributed by atoms with Crippen LogP contribution in [0.25, 0.3) is 10.8 Å². The Morgan fingerprint density at radius 1 is 0.839 bits per heavy atom. The summed E-state index contributed by atoms with van der Waals surface area (Å²) < 4.78 is 11.1. The predicted molar refractivity (Wildman–Crippen MR) is 120 cm³/mol. The van der Waals surface area contributed by atoms with E-state index in [1.807, 2.05) is 18.2 Å². The van der Waals surface area contributed by atoms with Gasteiger partial charge in [-0.15, -0.1) is 0 Å². The van der Waals surface area contributed by atoms with Crippen molar-refractivity contribution in [2.75, 3.05) is 51.3 Å². The lowest BCUT2D eigenvalue weighted by Gasteiger charge is -2.29. The van der Waals surface area contributed by atoms with E-state index >= 15 is 0 Å². The Kier molecular flexibility index (Phi) is 5.74. The Bertz CT molecular complexity index is 1070. The standard InChI is InChI=1S/C25H27N3O3/c29-25(26-21-8-9-23-24(16-21)31-15-14-30-23)18-28-12-10-27(11-13-28)17-20-6-3-5-19-4-1-2-7-22(19)20/h1-9,16H,10-15,17-18H2,(H,26,29)/p+2. The number of fused-ring (bicyclic) bond motifs is 2. The number of anilines is 1. The number of rotatable bonds is 5. The van der Waals surface area contributed by atoms with E-state index in [-0.39, 0.29) is 5.91 Å². The molecule has 160 valence electrons. The number of quaternary nitrogens is 2. The minimum Gasteiger partial charge on any atom is -0.486 e. The fourth-order valence-corrected chi connectivity index (χ4v) is 4.58. The average molecular weight is 420 g/mol. The van der Waals surface area contributed by atoms with E-state index in [0.717, 1.165) is 44.2 Å². The van der Waals surface area contributed by atoms with Crippen LogP contribution in [-0.4, -0.2) is 51.8 Å². The molecular formula is C25H29N3O3+2. The van der Waals surface area contributed by atoms with Crippen LogP contribution in [-0.2, 0) is 11.3 Å². The topological polar surface area (TPSA) is 56.4 Å². The van der Waals surface area contributed by atoms with Crippen LogP contribution in [0.5, 0.6) is 11.5 Å². The molecule has 31 heavy (non-hydrogen) atoms. The second-order valence-electron chi connectivity index (χ2n) is 8.40. The predicted octanol–water partition coefficient (Wildman–Crippen LogP) is 0.533. The summed E-state index contributed by atoms with van der Waals surface area (Å²) >= 11 is 0. The molecule has 0 radical (unpaired) electrons. The molecule has 0 aromatic heterocycles. The molecule has 6 nitrogen and oxygen atoms in total. The van der Waals surface area contributed by atoms with Gasteiger partial charge in [0.2, 0.25) is 0 Å². The van der Waals surface area contributed by atoms with E-state index in [2.05, 4.69) is 47.8 Å². The Balaban J connectivity index is 1.13. The second kappa shape index (κ2) is 8.96. The summed E-state index contributed by atoms with van der Waals surface area (Å²) in [6.45, 7) is 6.82. The second-order valence-corrected chi connectivity index (χ2v) is 8.40. The van der Waals surface area contributed by atoms with E-state index in [4.69, 9.17) is 9.47 Å². The van der Waals surface area contributed by atoms with Crippen molar-refractivity contribution in [3.05, 3.63) is 66.2 Å². The zero-order valence-corrected chi connectivity index (χ0v) is 17.7. The normalized spacial score (nSPS) is 20.4. The molecule has 5 rings (SSSR count). The molecule has 0 aliphatic carbocycles. The molecule has 6 heteroatoms. The van der Waals surface area contributed by atoms with Gasteiger partial charge in [-0.2, -0.15) is 0 Å². The van der Waals surface area contributed by atoms with Crippen molar-refractivity contribution in [1.82, 2.24) is 0 Å². The van der Waals surface area contributed by atoms with Crippen LogP contribution >= 0.6 is 0 Å². The highest BCUT2D eigenvalue weighted by Gasteiger charge is 2.25. The molecule has 0 atom stereocenters. The number of ether oxygens (including phenoxy) is 2. The quantitative estimate of drug-likeness (QED) is 0.566. The summed E-state index contributed by atoms with van der Waals surface area (Å²) in [6.07, 6.45) is 0. The van der Waals surface area contributed by atoms with Crippen molar-refractivity contribution in [2.24, 2.45) is 0 Å². The van der Waals surface area contributed by atoms with Crippen molar-refractivity contribution in [2.45, 2.75) is 6.54 Å². The largest absolute Gasteiger partial charge is 0.486 e. The number of hydrogen-bond donors (Lipinski definition) is 3. The molecule has 1 saturated heterocycles. The van der Waals surface area contributed by atoms with Gasteiger partial charge in [0.15, 0.2) is 18.0 Å². The number of nitrogens with one attached hydrogen (secondary N) is 3. The summed E-state index contributed by atoms with van der Waals surface area (Å²) in [7, 11) is 0. The molecule has 3 N–H and O–H groups in total. The summed E-state index contributed by atoms with van der Waals surface area (Å²) in [5.74, 6) is 1.48. The van der Waals surface area contributed by atoms with Crippen LogP contribution in [0, 0.1) is 0 Å². The number of amides is 1. The minimum absolute atomic E-state index is 0.0455. The first kappa shape index (κ1) is 19.8. The first-order valence-corrected chi connectivity index (χ1v) is 11.1. The van der Waals surface area contributed by atoms with Gasteiger partial charge >= 0.3 is 0 Å². The van der Waals surface area contributed by atoms with Gasteiger partial charge in [0.05, 0.1) is 0 Å². The molecular weight excluding hydrogens is 390 g/mol. The Morgan fingerprint density at radius 2 is 1.58 bits per heavy atom. The van der Waals surface area contributed by atoms with Gasteiger partial charge in [-0.1, -0.05) is 42.5 Å². The zero-order chi connectivity index (χ0) is 21.0. The van der Waals surface area contributed by atoms with Crippen LogP contribution in [0.15, 0.2) is 60.7 Å². The molecule has 1 fully saturated rings. The molecule has 0 bridgehead atoms. The maximum absolute atomic E-state index is 12.6. The van der Waals surface area contributed by atoms with Crippen LogP contribution in [0.3, 0.4) is 0 Å². The van der Waals surface area contributed by atoms with Crippen LogP contribution < -0.4 is 24.6 Å². The van der Waals surface area contributed by atoms with Crippen molar-refractivity contribution < 1.29 is 24.1 Å². The molecule has 0 spiro atoms. The van der Waals surface area contributed by atoms with Gasteiger partial charge in [0.25, 0.3) is 5.91 Å². The fourth-order valence-electron chi connectivity index (χ4n) is 4.58. The maximum atomic E-state index is 12.6. The lowest BCUT2D eigenvalue weighted by Crippen LogP contribution is -3.28. The summed E-state index contributed by atoms with van der Waals surface area (Å²) in [4.78, 5) is 15.5. The van der Waals surface area contributed by atoms with E-state index in [1.54, 1.807) is 4.90 Å². The highest BCUT2D eigenvalue weighted by molar-refractivity contribution is 5.91. The smallest absolute Gasteiger partial charge is 0.279 e. The maximum Gasteiger partial charge on any atom is 0.279 e. The first-order valence-electron chi connectivity index (χ1n) is 11.1. The molecule has 0 saturated carbocycles. The molecule has 3 aromatic rings. The first-order chi connectivity index (χ1) is 15.2. The van der Waals surface area contributed by atoms with Gasteiger partial charge in [-0.3, -0.25) is 4.79 Å². The van der Waals surface area contributed by atoms with Gasteiger partial charge in [-0.05, 0) is 22.9 Å². The third-order valence-electron chi connectivity index (χ3n) is 6.22. The number of hydrogen-bond acceptors (Lipinski definition) is 3. The van der Waals surface area contributed by atoms with Gasteiger partial charge < -0.3 is 24.6 Å². The summed E-state index contributed by atoms with van der Waals surface area (Å²) in [6, 6.07) is 20.7. The molecule has 0 unspecified atom stereocenters. The summed E-state index contributed by atoms with van der Waals surface area (Å²) in [5.41, 5.74) is 2.17. The Morgan fingerprint density at radius 3 is 2.45 bits per heavy atom. The van der Waals surface area contributed by atoms with Crippen LogP contribution in [0.4, 0.5) is 5.69 Å². The van der Waals surface area contributed by atoms with E-state index in [9.17, 15) is 4.79 Å². The van der Waals surface area contributed by atoms with Crippen molar-refractivity contribution >= 4 is 22.4 Å². The van der Waals surface area contributed by atoms with Crippen LogP contribution in [0.2, 0.25) is 0 Å². The Hall–Kier alpha value is -3.09. The molecule has 3 aromatic carbocycles. The third kappa shape index (κ3) is 4.65. The van der Waals surface area contributed by atoms with Gasteiger partial charge in [0.1, 0.15) is 45.9 Å². The molecule has 1 amide bonds. The minimum atomic E-state index is 0.0455. The molecule has 2 aliphatic heterocycles. The van der Waals surface area contributed by atoms with Gasteiger partial charge in [0, 0.05) is 17.3 Å². The molecule has 2 aliphatic rings. The zero-order valence-electron chi connectivity index (χ0n) is 17.7. The van der Waals surface area contributed by atoms with Gasteiger partial charge in [-0.25, -0.2) is 0 Å². The number of benzene rings is 3. The fraction of sp³-hybridized carbons (Fsp3) is 0.320. The van der Waals surface area contributed by atoms with Crippen molar-refractivity contribution in [1.29, 1.82) is 0 Å². The third-order valence-corrected chi connectivity index (χ3v) is 6.22. The lowest BCUT2D eigenvalue weighted by atomic mass is 10.0. The number of carbonyl (C=O) groups is 1. The van der Waals surface area contributed by atoms with E-state index in [1.165, 1.54) is 21.2 Å². The number of carbonyl (C=O) groups excluding carboxylic acids is 1. The van der Waals surface area contributed by atoms with E-state index in [0.29, 0.717) is 25.5 Å².